The molecule has 0 fully saturated rings. The van der Waals surface area contributed by atoms with E-state index in [1.807, 2.05) is 0 Å². The molecule has 0 aliphatic heterocycles. The normalized spacial score (nSPS) is 12.3. The largest absolute Gasteiger partial charge is 0.416 e. The zero-order chi connectivity index (χ0) is 11.7. The zero-order valence-corrected chi connectivity index (χ0v) is 8.39. The highest BCUT2D eigenvalue weighted by molar-refractivity contribution is 5.32. The molecule has 0 heterocycles. The maximum atomic E-state index is 12.4. The minimum Gasteiger partial charge on any atom is -0.306 e. The van der Waals surface area contributed by atoms with Crippen molar-refractivity contribution in [3.63, 3.8) is 0 Å². The van der Waals surface area contributed by atoms with Gasteiger partial charge in [-0.05, 0) is 12.1 Å². The Morgan fingerprint density at radius 1 is 1.13 bits per heavy atom. The van der Waals surface area contributed by atoms with E-state index in [0.29, 0.717) is 5.56 Å². The van der Waals surface area contributed by atoms with Crippen molar-refractivity contribution in [2.75, 3.05) is 0 Å². The van der Waals surface area contributed by atoms with Gasteiger partial charge in [-0.3, -0.25) is 0 Å². The molecule has 0 aromatic heterocycles. The molecule has 0 bridgehead atoms. The van der Waals surface area contributed by atoms with Crippen LogP contribution in [0.1, 0.15) is 25.0 Å². The summed E-state index contributed by atoms with van der Waals surface area (Å²) in [6.07, 6.45) is -4.35. The first-order chi connectivity index (χ1) is 6.77. The Hall–Kier alpha value is -1.50. The monoisotopic (exact) mass is 213 g/mol. The Labute approximate surface area is 86.4 Å². The second-order valence-electron chi connectivity index (χ2n) is 3.75. The molecular formula is C11H10F3N. The van der Waals surface area contributed by atoms with Crippen molar-refractivity contribution in [3.8, 4) is 0 Å². The second kappa shape index (κ2) is 3.58. The molecule has 0 amide bonds. The molecule has 80 valence electrons. The van der Waals surface area contributed by atoms with Crippen LogP contribution in [0.5, 0.6) is 0 Å². The number of alkyl halides is 3. The number of nitrogens with zero attached hydrogens (tertiary/aromatic N) is 1. The van der Waals surface area contributed by atoms with Crippen LogP contribution in [-0.2, 0) is 11.7 Å². The predicted molar refractivity (Wildman–Crippen MR) is 51.1 cm³/mol. The highest BCUT2D eigenvalue weighted by Crippen LogP contribution is 2.33. The lowest BCUT2D eigenvalue weighted by molar-refractivity contribution is -0.137. The Balaban J connectivity index is 3.22. The van der Waals surface area contributed by atoms with Crippen LogP contribution in [0.2, 0.25) is 0 Å². The van der Waals surface area contributed by atoms with Crippen LogP contribution >= 0.6 is 0 Å². The van der Waals surface area contributed by atoms with Gasteiger partial charge in [0.1, 0.15) is 0 Å². The van der Waals surface area contributed by atoms with E-state index in [1.165, 1.54) is 12.1 Å². The van der Waals surface area contributed by atoms with Crippen LogP contribution in [0.15, 0.2) is 24.3 Å². The minimum atomic E-state index is -4.35. The van der Waals surface area contributed by atoms with Crippen LogP contribution in [0.25, 0.3) is 4.85 Å². The molecule has 0 N–H and O–H groups in total. The molecule has 0 spiro atoms. The molecule has 0 aliphatic rings. The van der Waals surface area contributed by atoms with Gasteiger partial charge in [0.25, 0.3) is 5.54 Å². The van der Waals surface area contributed by atoms with Gasteiger partial charge in [0.2, 0.25) is 0 Å². The molecule has 0 radical (unpaired) electrons. The average molecular weight is 213 g/mol. The van der Waals surface area contributed by atoms with E-state index in [4.69, 9.17) is 6.57 Å². The first-order valence-electron chi connectivity index (χ1n) is 4.34. The summed E-state index contributed by atoms with van der Waals surface area (Å²) in [4.78, 5) is 3.30. The Morgan fingerprint density at radius 2 is 1.67 bits per heavy atom. The summed E-state index contributed by atoms with van der Waals surface area (Å²) in [5.74, 6) is 0. The van der Waals surface area contributed by atoms with Crippen molar-refractivity contribution in [1.29, 1.82) is 0 Å². The number of benzene rings is 1. The lowest BCUT2D eigenvalue weighted by atomic mass is 9.94. The molecule has 4 heteroatoms. The summed E-state index contributed by atoms with van der Waals surface area (Å²) in [6.45, 7) is 10.1. The third-order valence-corrected chi connectivity index (χ3v) is 2.18. The van der Waals surface area contributed by atoms with Crippen LogP contribution in [0.3, 0.4) is 0 Å². The Morgan fingerprint density at radius 3 is 2.13 bits per heavy atom. The number of rotatable bonds is 1. The first kappa shape index (κ1) is 11.6. The van der Waals surface area contributed by atoms with Gasteiger partial charge in [-0.2, -0.15) is 13.2 Å². The third kappa shape index (κ3) is 2.50. The maximum Gasteiger partial charge on any atom is 0.416 e. The standard InChI is InChI=1S/C11H10F3N/c1-10(2,15-3)8-5-4-6-9(7-8)11(12,13)14/h4-7H,1-2H3. The lowest BCUT2D eigenvalue weighted by Gasteiger charge is -2.13. The number of hydrogen-bond acceptors (Lipinski definition) is 0. The van der Waals surface area contributed by atoms with Gasteiger partial charge in [0.05, 0.1) is 5.56 Å². The molecule has 0 atom stereocenters. The van der Waals surface area contributed by atoms with Gasteiger partial charge < -0.3 is 4.85 Å². The topological polar surface area (TPSA) is 4.36 Å². The number of hydrogen-bond donors (Lipinski definition) is 0. The molecule has 1 aromatic rings. The van der Waals surface area contributed by atoms with Crippen molar-refractivity contribution < 1.29 is 13.2 Å². The van der Waals surface area contributed by atoms with E-state index < -0.39 is 17.3 Å². The first-order valence-corrected chi connectivity index (χ1v) is 4.34. The summed E-state index contributed by atoms with van der Waals surface area (Å²) in [5.41, 5.74) is -1.24. The fraction of sp³-hybridized carbons (Fsp3) is 0.364. The maximum absolute atomic E-state index is 12.4. The van der Waals surface area contributed by atoms with Gasteiger partial charge in [0.15, 0.2) is 0 Å². The number of halogens is 3. The van der Waals surface area contributed by atoms with Gasteiger partial charge in [-0.25, -0.2) is 6.57 Å². The van der Waals surface area contributed by atoms with Crippen LogP contribution in [-0.4, -0.2) is 0 Å². The fourth-order valence-corrected chi connectivity index (χ4v) is 1.14. The quantitative estimate of drug-likeness (QED) is 0.624. The Bertz CT molecular complexity index is 399. The van der Waals surface area contributed by atoms with Gasteiger partial charge in [-0.15, -0.1) is 0 Å². The van der Waals surface area contributed by atoms with E-state index in [1.54, 1.807) is 13.8 Å². The summed E-state index contributed by atoms with van der Waals surface area (Å²) < 4.78 is 37.1. The molecule has 15 heavy (non-hydrogen) atoms. The summed E-state index contributed by atoms with van der Waals surface area (Å²) in [7, 11) is 0. The average Bonchev–Trinajstić information content (AvgIpc) is 2.17. The lowest BCUT2D eigenvalue weighted by Crippen LogP contribution is -2.13. The van der Waals surface area contributed by atoms with Crippen molar-refractivity contribution >= 4 is 0 Å². The smallest absolute Gasteiger partial charge is 0.306 e. The molecule has 0 unspecified atom stereocenters. The fourth-order valence-electron chi connectivity index (χ4n) is 1.14. The van der Waals surface area contributed by atoms with E-state index in [0.717, 1.165) is 12.1 Å². The van der Waals surface area contributed by atoms with Crippen molar-refractivity contribution in [2.45, 2.75) is 25.6 Å². The van der Waals surface area contributed by atoms with E-state index >= 15 is 0 Å². The van der Waals surface area contributed by atoms with E-state index in [9.17, 15) is 13.2 Å². The molecule has 0 aliphatic carbocycles. The highest BCUT2D eigenvalue weighted by Gasteiger charge is 2.33. The molecule has 1 aromatic carbocycles. The zero-order valence-electron chi connectivity index (χ0n) is 8.39. The summed E-state index contributed by atoms with van der Waals surface area (Å²) in [5, 5.41) is 0. The molecule has 0 saturated carbocycles. The van der Waals surface area contributed by atoms with Crippen molar-refractivity contribution in [2.24, 2.45) is 0 Å². The summed E-state index contributed by atoms with van der Waals surface area (Å²) >= 11 is 0. The molecular weight excluding hydrogens is 203 g/mol. The van der Waals surface area contributed by atoms with E-state index in [2.05, 4.69) is 4.85 Å². The minimum absolute atomic E-state index is 0.382. The molecule has 0 saturated heterocycles. The van der Waals surface area contributed by atoms with Crippen LogP contribution < -0.4 is 0 Å². The van der Waals surface area contributed by atoms with E-state index in [-0.39, 0.29) is 0 Å². The molecule has 1 rings (SSSR count). The van der Waals surface area contributed by atoms with Gasteiger partial charge in [-0.1, -0.05) is 12.1 Å². The summed E-state index contributed by atoms with van der Waals surface area (Å²) in [6, 6.07) is 4.89. The van der Waals surface area contributed by atoms with Gasteiger partial charge in [0, 0.05) is 19.4 Å². The van der Waals surface area contributed by atoms with Gasteiger partial charge >= 0.3 is 6.18 Å². The molecule has 1 nitrogen and oxygen atoms in total. The highest BCUT2D eigenvalue weighted by atomic mass is 19.4. The predicted octanol–water partition coefficient (Wildman–Crippen LogP) is 3.86. The van der Waals surface area contributed by atoms with Crippen LogP contribution in [0, 0.1) is 6.57 Å². The Kier molecular flexibility index (Phi) is 2.76. The van der Waals surface area contributed by atoms with Crippen LogP contribution in [0.4, 0.5) is 13.2 Å². The van der Waals surface area contributed by atoms with Crippen molar-refractivity contribution in [1.82, 2.24) is 0 Å². The second-order valence-corrected chi connectivity index (χ2v) is 3.75. The van der Waals surface area contributed by atoms with Crippen molar-refractivity contribution in [3.05, 3.63) is 46.8 Å². The third-order valence-electron chi connectivity index (χ3n) is 2.18. The SMILES string of the molecule is [C-]#[N+]C(C)(C)c1cccc(C(F)(F)F)c1.